The number of hydrogen-bond acceptors (Lipinski definition) is 4. The van der Waals surface area contributed by atoms with Crippen molar-refractivity contribution in [2.45, 2.75) is 38.9 Å². The highest BCUT2D eigenvalue weighted by Crippen LogP contribution is 2.14. The number of fused-ring (bicyclic) bond motifs is 1. The van der Waals surface area contributed by atoms with E-state index in [4.69, 9.17) is 0 Å². The molecule has 3 aromatic rings. The largest absolute Gasteiger partial charge is 0.352 e. The average Bonchev–Trinajstić information content (AvgIpc) is 2.83. The van der Waals surface area contributed by atoms with Crippen molar-refractivity contribution in [2.75, 3.05) is 18.4 Å². The van der Waals surface area contributed by atoms with Crippen molar-refractivity contribution in [3.05, 3.63) is 75.4 Å². The Hall–Kier alpha value is -3.88. The summed E-state index contributed by atoms with van der Waals surface area (Å²) in [6.07, 6.45) is 1.25. The van der Waals surface area contributed by atoms with Gasteiger partial charge in [0, 0.05) is 31.4 Å². The van der Waals surface area contributed by atoms with Crippen LogP contribution in [0.3, 0.4) is 0 Å². The number of hydrogen-bond donors (Lipinski definition) is 2. The number of carbonyl (C=O) groups is 2. The average molecular weight is 450 g/mol. The fourth-order valence-corrected chi connectivity index (χ4v) is 4.17. The minimum absolute atomic E-state index is 0.0858. The van der Waals surface area contributed by atoms with Gasteiger partial charge in [-0.1, -0.05) is 30.3 Å². The van der Waals surface area contributed by atoms with Crippen LogP contribution in [-0.2, 0) is 17.9 Å². The van der Waals surface area contributed by atoms with E-state index in [1.807, 2.05) is 30.3 Å². The molecule has 0 radical (unpaired) electrons. The van der Waals surface area contributed by atoms with Crippen LogP contribution < -0.4 is 21.9 Å². The summed E-state index contributed by atoms with van der Waals surface area (Å²) in [7, 11) is 0. The third-order valence-electron chi connectivity index (χ3n) is 5.92. The Balaban J connectivity index is 1.39. The van der Waals surface area contributed by atoms with Crippen molar-refractivity contribution < 1.29 is 9.59 Å². The molecular weight excluding hydrogens is 422 g/mol. The first-order valence-corrected chi connectivity index (χ1v) is 11.1. The van der Waals surface area contributed by atoms with Gasteiger partial charge in [-0.3, -0.25) is 18.7 Å². The molecule has 9 nitrogen and oxygen atoms in total. The molecule has 1 aliphatic heterocycles. The van der Waals surface area contributed by atoms with Gasteiger partial charge in [0.15, 0.2) is 0 Å². The number of piperidine rings is 1. The van der Waals surface area contributed by atoms with Crippen molar-refractivity contribution >= 4 is 28.5 Å². The van der Waals surface area contributed by atoms with E-state index in [9.17, 15) is 19.2 Å². The molecule has 0 spiro atoms. The van der Waals surface area contributed by atoms with Gasteiger partial charge < -0.3 is 15.5 Å². The van der Waals surface area contributed by atoms with Gasteiger partial charge in [-0.15, -0.1) is 0 Å². The highest BCUT2D eigenvalue weighted by Gasteiger charge is 2.24. The molecule has 4 rings (SSSR count). The second-order valence-electron chi connectivity index (χ2n) is 8.06. The van der Waals surface area contributed by atoms with Gasteiger partial charge in [0.05, 0.1) is 10.9 Å². The number of likely N-dealkylation sites (tertiary alicyclic amines) is 1. The number of carbonyl (C=O) groups excluding carboxylic acids is 2. The maximum absolute atomic E-state index is 12.8. The van der Waals surface area contributed by atoms with Crippen molar-refractivity contribution in [3.63, 3.8) is 0 Å². The SMILES string of the molecule is CCn1c(=O)c2ccccc2n(CC(=O)NC2CCN(C(=O)Nc3ccccc3)CC2)c1=O. The van der Waals surface area contributed by atoms with Crippen LogP contribution in [0.2, 0.25) is 0 Å². The maximum Gasteiger partial charge on any atom is 0.331 e. The van der Waals surface area contributed by atoms with Crippen LogP contribution in [-0.4, -0.2) is 45.1 Å². The number of para-hydroxylation sites is 2. The molecule has 1 fully saturated rings. The third kappa shape index (κ3) is 4.82. The molecule has 33 heavy (non-hydrogen) atoms. The lowest BCUT2D eigenvalue weighted by molar-refractivity contribution is -0.122. The van der Waals surface area contributed by atoms with Crippen molar-refractivity contribution in [1.82, 2.24) is 19.4 Å². The maximum atomic E-state index is 12.8. The predicted octanol–water partition coefficient (Wildman–Crippen LogP) is 2.00. The number of aromatic nitrogens is 2. The van der Waals surface area contributed by atoms with E-state index in [0.717, 1.165) is 10.3 Å². The van der Waals surface area contributed by atoms with Crippen molar-refractivity contribution in [3.8, 4) is 0 Å². The topological polar surface area (TPSA) is 105 Å². The summed E-state index contributed by atoms with van der Waals surface area (Å²) in [4.78, 5) is 52.3. The number of urea groups is 1. The summed E-state index contributed by atoms with van der Waals surface area (Å²) in [5.74, 6) is -0.296. The Morgan fingerprint density at radius 1 is 0.939 bits per heavy atom. The van der Waals surface area contributed by atoms with E-state index in [-0.39, 0.29) is 36.6 Å². The lowest BCUT2D eigenvalue weighted by Crippen LogP contribution is -2.49. The Kier molecular flexibility index (Phi) is 6.58. The highest BCUT2D eigenvalue weighted by molar-refractivity contribution is 5.89. The molecule has 1 saturated heterocycles. The van der Waals surface area contributed by atoms with Gasteiger partial charge in [-0.2, -0.15) is 0 Å². The normalized spacial score (nSPS) is 14.3. The first kappa shape index (κ1) is 22.3. The van der Waals surface area contributed by atoms with E-state index in [1.165, 1.54) is 4.57 Å². The molecule has 0 aliphatic carbocycles. The van der Waals surface area contributed by atoms with Crippen molar-refractivity contribution in [2.24, 2.45) is 0 Å². The summed E-state index contributed by atoms with van der Waals surface area (Å²) in [5, 5.41) is 6.26. The lowest BCUT2D eigenvalue weighted by Gasteiger charge is -2.32. The molecule has 3 amide bonds. The fourth-order valence-electron chi connectivity index (χ4n) is 4.17. The highest BCUT2D eigenvalue weighted by atomic mass is 16.2. The van der Waals surface area contributed by atoms with Crippen LogP contribution >= 0.6 is 0 Å². The number of rotatable bonds is 5. The molecule has 0 unspecified atom stereocenters. The Labute approximate surface area is 190 Å². The second-order valence-corrected chi connectivity index (χ2v) is 8.06. The molecule has 0 bridgehead atoms. The Bertz CT molecular complexity index is 1270. The van der Waals surface area contributed by atoms with E-state index in [2.05, 4.69) is 10.6 Å². The summed E-state index contributed by atoms with van der Waals surface area (Å²) < 4.78 is 2.48. The molecule has 9 heteroatoms. The fraction of sp³-hybridized carbons (Fsp3) is 0.333. The van der Waals surface area contributed by atoms with Gasteiger partial charge in [0.25, 0.3) is 5.56 Å². The van der Waals surface area contributed by atoms with Crippen LogP contribution in [0.25, 0.3) is 10.9 Å². The summed E-state index contributed by atoms with van der Waals surface area (Å²) >= 11 is 0. The molecule has 2 N–H and O–H groups in total. The van der Waals surface area contributed by atoms with Gasteiger partial charge in [0.1, 0.15) is 6.54 Å². The van der Waals surface area contributed by atoms with E-state index < -0.39 is 5.69 Å². The molecule has 172 valence electrons. The molecule has 0 atom stereocenters. The van der Waals surface area contributed by atoms with Crippen LogP contribution in [0.5, 0.6) is 0 Å². The van der Waals surface area contributed by atoms with Crippen LogP contribution in [0.15, 0.2) is 64.2 Å². The second kappa shape index (κ2) is 9.72. The molecule has 0 saturated carbocycles. The molecule has 2 heterocycles. The number of nitrogens with zero attached hydrogens (tertiary/aromatic N) is 3. The molecule has 2 aromatic carbocycles. The zero-order chi connectivity index (χ0) is 23.4. The predicted molar refractivity (Wildman–Crippen MR) is 126 cm³/mol. The zero-order valence-electron chi connectivity index (χ0n) is 18.5. The van der Waals surface area contributed by atoms with Gasteiger partial charge in [-0.25, -0.2) is 9.59 Å². The third-order valence-corrected chi connectivity index (χ3v) is 5.92. The first-order chi connectivity index (χ1) is 16.0. The number of anilines is 1. The van der Waals surface area contributed by atoms with Crippen LogP contribution in [0.4, 0.5) is 10.5 Å². The van der Waals surface area contributed by atoms with Gasteiger partial charge in [0.2, 0.25) is 5.91 Å². The van der Waals surface area contributed by atoms with E-state index in [1.54, 1.807) is 36.1 Å². The first-order valence-electron chi connectivity index (χ1n) is 11.1. The lowest BCUT2D eigenvalue weighted by atomic mass is 10.1. The number of amides is 3. The quantitative estimate of drug-likeness (QED) is 0.621. The number of nitrogens with one attached hydrogen (secondary N) is 2. The molecular formula is C24H27N5O4. The monoisotopic (exact) mass is 449 g/mol. The summed E-state index contributed by atoms with van der Waals surface area (Å²) in [6.45, 7) is 2.83. The summed E-state index contributed by atoms with van der Waals surface area (Å²) in [5.41, 5.74) is 0.337. The minimum atomic E-state index is -0.497. The zero-order valence-corrected chi connectivity index (χ0v) is 18.5. The van der Waals surface area contributed by atoms with E-state index >= 15 is 0 Å². The molecule has 1 aliphatic rings. The van der Waals surface area contributed by atoms with Crippen LogP contribution in [0, 0.1) is 0 Å². The van der Waals surface area contributed by atoms with Crippen molar-refractivity contribution in [1.29, 1.82) is 0 Å². The summed E-state index contributed by atoms with van der Waals surface area (Å²) in [6, 6.07) is 15.8. The van der Waals surface area contributed by atoms with Gasteiger partial charge >= 0.3 is 11.7 Å². The van der Waals surface area contributed by atoms with E-state index in [0.29, 0.717) is 36.8 Å². The minimum Gasteiger partial charge on any atom is -0.352 e. The smallest absolute Gasteiger partial charge is 0.331 e. The molecule has 1 aromatic heterocycles. The standard InChI is InChI=1S/C24H27N5O4/c1-2-28-22(31)19-10-6-7-11-20(19)29(24(28)33)16-21(30)25-18-12-14-27(15-13-18)23(32)26-17-8-4-3-5-9-17/h3-11,18H,2,12-16H2,1H3,(H,25,30)(H,26,32). The Morgan fingerprint density at radius 3 is 2.30 bits per heavy atom. The number of benzene rings is 2. The Morgan fingerprint density at radius 2 is 1.61 bits per heavy atom. The van der Waals surface area contributed by atoms with Crippen LogP contribution in [0.1, 0.15) is 19.8 Å². The van der Waals surface area contributed by atoms with Gasteiger partial charge in [-0.05, 0) is 44.0 Å².